The Morgan fingerprint density at radius 2 is 1.56 bits per heavy atom. The molecule has 0 saturated heterocycles. The molecular weight excluding hydrogens is 316 g/mol. The summed E-state index contributed by atoms with van der Waals surface area (Å²) in [5, 5.41) is 12.2. The van der Waals surface area contributed by atoms with E-state index in [1.54, 1.807) is 6.92 Å². The van der Waals surface area contributed by atoms with Gasteiger partial charge in [0.1, 0.15) is 6.04 Å². The summed E-state index contributed by atoms with van der Waals surface area (Å²) in [6.45, 7) is 2.33. The van der Waals surface area contributed by atoms with Crippen LogP contribution in [0.2, 0.25) is 0 Å². The molecule has 0 heterocycles. The number of carbonyl (C=O) groups is 2. The molecule has 0 radical (unpaired) electrons. The first kappa shape index (κ1) is 18.5. The molecule has 0 fully saturated rings. The van der Waals surface area contributed by atoms with Crippen LogP contribution in [-0.2, 0) is 17.8 Å². The van der Waals surface area contributed by atoms with Crippen LogP contribution in [0.4, 0.5) is 4.79 Å². The number of amides is 2. The Morgan fingerprint density at radius 3 is 2.12 bits per heavy atom. The van der Waals surface area contributed by atoms with E-state index in [0.717, 1.165) is 23.3 Å². The van der Waals surface area contributed by atoms with E-state index in [-0.39, 0.29) is 12.5 Å². The maximum Gasteiger partial charge on any atom is 0.408 e. The summed E-state index contributed by atoms with van der Waals surface area (Å²) in [6, 6.07) is 18.6. The zero-order valence-electron chi connectivity index (χ0n) is 14.4. The number of carboxylic acid groups (broad SMARTS) is 1. The van der Waals surface area contributed by atoms with E-state index in [1.165, 1.54) is 5.56 Å². The molecule has 0 aliphatic rings. The molecule has 0 aliphatic carbocycles. The monoisotopic (exact) mass is 340 g/mol. The molecule has 25 heavy (non-hydrogen) atoms. The molecule has 2 aromatic carbocycles. The van der Waals surface area contributed by atoms with E-state index in [0.29, 0.717) is 6.54 Å². The molecule has 0 bridgehead atoms. The van der Waals surface area contributed by atoms with Crippen molar-refractivity contribution in [3.05, 3.63) is 71.8 Å². The Labute approximate surface area is 148 Å². The third kappa shape index (κ3) is 5.95. The van der Waals surface area contributed by atoms with Gasteiger partial charge >= 0.3 is 6.09 Å². The maximum absolute atomic E-state index is 12.3. The van der Waals surface area contributed by atoms with E-state index >= 15 is 0 Å². The molecular formula is C20H24N2O3. The molecule has 0 aromatic heterocycles. The van der Waals surface area contributed by atoms with Gasteiger partial charge in [0.2, 0.25) is 5.91 Å². The van der Waals surface area contributed by atoms with Gasteiger partial charge in [-0.3, -0.25) is 9.69 Å². The number of nitrogens with zero attached hydrogens (tertiary/aromatic N) is 1. The SMILES string of the molecule is C[C@@H](C(=O)NCCCc1ccccc1)N(Cc1ccccc1)C(=O)O. The van der Waals surface area contributed by atoms with Gasteiger partial charge < -0.3 is 10.4 Å². The Bertz CT molecular complexity index is 674. The molecule has 2 rings (SSSR count). The molecule has 0 unspecified atom stereocenters. The van der Waals surface area contributed by atoms with Gasteiger partial charge in [0.05, 0.1) is 0 Å². The van der Waals surface area contributed by atoms with Crippen molar-refractivity contribution in [3.63, 3.8) is 0 Å². The van der Waals surface area contributed by atoms with Gasteiger partial charge in [-0.2, -0.15) is 0 Å². The van der Waals surface area contributed by atoms with Crippen molar-refractivity contribution in [2.75, 3.05) is 6.54 Å². The first-order valence-electron chi connectivity index (χ1n) is 8.43. The van der Waals surface area contributed by atoms with Crippen LogP contribution in [0.5, 0.6) is 0 Å². The van der Waals surface area contributed by atoms with Gasteiger partial charge in [-0.15, -0.1) is 0 Å². The van der Waals surface area contributed by atoms with E-state index in [2.05, 4.69) is 17.4 Å². The van der Waals surface area contributed by atoms with E-state index in [4.69, 9.17) is 0 Å². The lowest BCUT2D eigenvalue weighted by Crippen LogP contribution is -2.47. The summed E-state index contributed by atoms with van der Waals surface area (Å²) >= 11 is 0. The predicted molar refractivity (Wildman–Crippen MR) is 97.2 cm³/mol. The minimum atomic E-state index is -1.10. The van der Waals surface area contributed by atoms with E-state index in [9.17, 15) is 14.7 Å². The Morgan fingerprint density at radius 1 is 1.00 bits per heavy atom. The number of aryl methyl sites for hydroxylation is 1. The fourth-order valence-electron chi connectivity index (χ4n) is 2.59. The van der Waals surface area contributed by atoms with Crippen LogP contribution in [0.25, 0.3) is 0 Å². The Balaban J connectivity index is 1.82. The zero-order valence-corrected chi connectivity index (χ0v) is 14.4. The van der Waals surface area contributed by atoms with Crippen molar-refractivity contribution < 1.29 is 14.7 Å². The summed E-state index contributed by atoms with van der Waals surface area (Å²) in [6.07, 6.45) is 0.590. The van der Waals surface area contributed by atoms with E-state index in [1.807, 2.05) is 48.5 Å². The normalized spacial score (nSPS) is 11.6. The average Bonchev–Trinajstić information content (AvgIpc) is 2.64. The highest BCUT2D eigenvalue weighted by atomic mass is 16.4. The van der Waals surface area contributed by atoms with Crippen LogP contribution in [-0.4, -0.2) is 34.6 Å². The quantitative estimate of drug-likeness (QED) is 0.724. The summed E-state index contributed by atoms with van der Waals surface area (Å²) < 4.78 is 0. The van der Waals surface area contributed by atoms with Crippen LogP contribution in [0.1, 0.15) is 24.5 Å². The first-order chi connectivity index (χ1) is 12.1. The molecule has 2 amide bonds. The van der Waals surface area contributed by atoms with Crippen molar-refractivity contribution in [1.82, 2.24) is 10.2 Å². The fourth-order valence-corrected chi connectivity index (χ4v) is 2.59. The summed E-state index contributed by atoms with van der Waals surface area (Å²) in [5.74, 6) is -0.272. The van der Waals surface area contributed by atoms with Gasteiger partial charge in [0.25, 0.3) is 0 Å². The molecule has 0 aliphatic heterocycles. The minimum absolute atomic E-state index is 0.189. The zero-order chi connectivity index (χ0) is 18.1. The van der Waals surface area contributed by atoms with Crippen molar-refractivity contribution >= 4 is 12.0 Å². The molecule has 0 spiro atoms. The highest BCUT2D eigenvalue weighted by molar-refractivity contribution is 5.84. The molecule has 0 saturated carbocycles. The lowest BCUT2D eigenvalue weighted by Gasteiger charge is -2.25. The second-order valence-electron chi connectivity index (χ2n) is 5.95. The van der Waals surface area contributed by atoms with Crippen molar-refractivity contribution in [1.29, 1.82) is 0 Å². The average molecular weight is 340 g/mol. The fraction of sp³-hybridized carbons (Fsp3) is 0.300. The van der Waals surface area contributed by atoms with Crippen LogP contribution in [0.3, 0.4) is 0 Å². The number of carbonyl (C=O) groups excluding carboxylic acids is 1. The number of hydrogen-bond acceptors (Lipinski definition) is 2. The predicted octanol–water partition coefficient (Wildman–Crippen LogP) is 3.30. The lowest BCUT2D eigenvalue weighted by molar-refractivity contribution is -0.125. The van der Waals surface area contributed by atoms with Crippen LogP contribution < -0.4 is 5.32 Å². The van der Waals surface area contributed by atoms with Crippen LogP contribution in [0, 0.1) is 0 Å². The molecule has 1 atom stereocenters. The second kappa shape index (κ2) is 9.47. The molecule has 132 valence electrons. The summed E-state index contributed by atoms with van der Waals surface area (Å²) in [7, 11) is 0. The second-order valence-corrected chi connectivity index (χ2v) is 5.95. The first-order valence-corrected chi connectivity index (χ1v) is 8.43. The number of benzene rings is 2. The largest absolute Gasteiger partial charge is 0.465 e. The van der Waals surface area contributed by atoms with Gasteiger partial charge in [-0.1, -0.05) is 60.7 Å². The molecule has 5 heteroatoms. The smallest absolute Gasteiger partial charge is 0.408 e. The maximum atomic E-state index is 12.3. The summed E-state index contributed by atoms with van der Waals surface area (Å²) in [5.41, 5.74) is 2.08. The van der Waals surface area contributed by atoms with Gasteiger partial charge in [0, 0.05) is 13.1 Å². The highest BCUT2D eigenvalue weighted by Gasteiger charge is 2.25. The lowest BCUT2D eigenvalue weighted by atomic mass is 10.1. The van der Waals surface area contributed by atoms with E-state index < -0.39 is 12.1 Å². The third-order valence-corrected chi connectivity index (χ3v) is 4.07. The van der Waals surface area contributed by atoms with Crippen molar-refractivity contribution in [2.45, 2.75) is 32.4 Å². The summed E-state index contributed by atoms with van der Waals surface area (Å²) in [4.78, 5) is 24.9. The highest BCUT2D eigenvalue weighted by Crippen LogP contribution is 2.09. The number of hydrogen-bond donors (Lipinski definition) is 2. The Hall–Kier alpha value is -2.82. The third-order valence-electron chi connectivity index (χ3n) is 4.07. The van der Waals surface area contributed by atoms with Gasteiger partial charge in [0.15, 0.2) is 0 Å². The van der Waals surface area contributed by atoms with Crippen molar-refractivity contribution in [2.24, 2.45) is 0 Å². The van der Waals surface area contributed by atoms with Crippen LogP contribution in [0.15, 0.2) is 60.7 Å². The molecule has 2 N–H and O–H groups in total. The minimum Gasteiger partial charge on any atom is -0.465 e. The number of nitrogens with one attached hydrogen (secondary N) is 1. The van der Waals surface area contributed by atoms with Crippen LogP contribution >= 0.6 is 0 Å². The standard InChI is InChI=1S/C20H24N2O3/c1-16(22(20(24)25)15-18-11-6-3-7-12-18)19(23)21-14-8-13-17-9-4-2-5-10-17/h2-7,9-12,16H,8,13-15H2,1H3,(H,21,23)(H,24,25)/t16-/m0/s1. The molecule has 2 aromatic rings. The topological polar surface area (TPSA) is 69.6 Å². The number of rotatable bonds is 8. The van der Waals surface area contributed by atoms with Gasteiger partial charge in [-0.05, 0) is 30.9 Å². The Kier molecular flexibility index (Phi) is 7.01. The van der Waals surface area contributed by atoms with Gasteiger partial charge in [-0.25, -0.2) is 4.79 Å². The molecule has 5 nitrogen and oxygen atoms in total. The van der Waals surface area contributed by atoms with Crippen molar-refractivity contribution in [3.8, 4) is 0 Å².